The summed E-state index contributed by atoms with van der Waals surface area (Å²) in [6.45, 7) is 4.40. The van der Waals surface area contributed by atoms with Gasteiger partial charge in [0, 0.05) is 0 Å². The molecular formula is C34H36Cl6O8. The van der Waals surface area contributed by atoms with Crippen molar-refractivity contribution in [2.45, 2.75) is 78.1 Å². The zero-order valence-electron chi connectivity index (χ0n) is 26.5. The van der Waals surface area contributed by atoms with Gasteiger partial charge in [-0.3, -0.25) is 0 Å². The van der Waals surface area contributed by atoms with Crippen molar-refractivity contribution in [3.63, 3.8) is 0 Å². The molecule has 0 aliphatic heterocycles. The lowest BCUT2D eigenvalue weighted by molar-refractivity contribution is -0.156. The number of rotatable bonds is 16. The lowest BCUT2D eigenvalue weighted by atomic mass is 9.98. The van der Waals surface area contributed by atoms with Gasteiger partial charge in [-0.25, -0.2) is 19.2 Å². The molecule has 2 unspecified atom stereocenters. The molecule has 2 aromatic carbocycles. The monoisotopic (exact) mass is 782 g/mol. The third kappa shape index (κ3) is 10.1. The van der Waals surface area contributed by atoms with Crippen LogP contribution >= 0.6 is 69.6 Å². The van der Waals surface area contributed by atoms with E-state index in [1.807, 2.05) is 0 Å². The Kier molecular flexibility index (Phi) is 14.4. The van der Waals surface area contributed by atoms with Crippen LogP contribution in [0.1, 0.15) is 98.8 Å². The second-order valence-electron chi connectivity index (χ2n) is 12.2. The Hall–Kier alpha value is -1.94. The first kappa shape index (κ1) is 38.9. The summed E-state index contributed by atoms with van der Waals surface area (Å²) in [4.78, 5) is 52.7. The van der Waals surface area contributed by atoms with E-state index in [4.69, 9.17) is 88.6 Å². The van der Waals surface area contributed by atoms with Gasteiger partial charge in [-0.15, -0.1) is 0 Å². The summed E-state index contributed by atoms with van der Waals surface area (Å²) in [5.74, 6) is -5.01. The normalized spacial score (nSPS) is 15.4. The molecule has 4 rings (SSSR count). The van der Waals surface area contributed by atoms with E-state index < -0.39 is 46.5 Å². The maximum Gasteiger partial charge on any atom is 0.423 e. The highest BCUT2D eigenvalue weighted by Gasteiger charge is 2.36. The summed E-state index contributed by atoms with van der Waals surface area (Å²) in [5.41, 5.74) is -0.879. The molecule has 48 heavy (non-hydrogen) atoms. The number of carbonyl (C=O) groups excluding carboxylic acids is 4. The van der Waals surface area contributed by atoms with E-state index in [1.165, 1.54) is 0 Å². The van der Waals surface area contributed by atoms with Gasteiger partial charge in [0.15, 0.2) is 11.5 Å². The van der Waals surface area contributed by atoms with E-state index >= 15 is 0 Å². The smallest absolute Gasteiger partial charge is 0.423 e. The molecule has 2 saturated carbocycles. The van der Waals surface area contributed by atoms with Crippen molar-refractivity contribution in [2.75, 3.05) is 13.2 Å². The van der Waals surface area contributed by atoms with Crippen molar-refractivity contribution in [2.24, 2.45) is 23.7 Å². The fourth-order valence-electron chi connectivity index (χ4n) is 5.48. The van der Waals surface area contributed by atoms with Gasteiger partial charge in [0.25, 0.3) is 0 Å². The Labute approximate surface area is 309 Å². The molecule has 0 amide bonds. The Balaban J connectivity index is 1.52. The van der Waals surface area contributed by atoms with Crippen LogP contribution in [0.15, 0.2) is 12.1 Å². The summed E-state index contributed by atoms with van der Waals surface area (Å²) < 4.78 is 21.6. The van der Waals surface area contributed by atoms with Crippen LogP contribution in [0.5, 0.6) is 11.5 Å². The van der Waals surface area contributed by atoms with Crippen molar-refractivity contribution in [3.8, 4) is 11.5 Å². The first-order chi connectivity index (χ1) is 22.9. The van der Waals surface area contributed by atoms with Crippen molar-refractivity contribution >= 4 is 93.5 Å². The molecule has 0 radical (unpaired) electrons. The molecule has 0 N–H and O–H groups in total. The van der Waals surface area contributed by atoms with Gasteiger partial charge in [-0.05, 0) is 74.3 Å². The average molecular weight is 785 g/mol. The molecule has 14 heteroatoms. The summed E-state index contributed by atoms with van der Waals surface area (Å²) in [5, 5.41) is -1.39. The molecule has 0 bridgehead atoms. The summed E-state index contributed by atoms with van der Waals surface area (Å²) in [6, 6.07) is 2.29. The van der Waals surface area contributed by atoms with Crippen molar-refractivity contribution in [3.05, 3.63) is 53.4 Å². The highest BCUT2D eigenvalue weighted by Crippen LogP contribution is 2.44. The number of ether oxygens (including phenoxy) is 4. The van der Waals surface area contributed by atoms with E-state index in [0.717, 1.165) is 76.3 Å². The summed E-state index contributed by atoms with van der Waals surface area (Å²) >= 11 is 37.7. The van der Waals surface area contributed by atoms with E-state index in [9.17, 15) is 19.2 Å². The SMILES string of the molecule is CCCCC(COC(=O)c1c(Cl)c(Cl)cc(Cl)c1OC(=O)C(=O)Oc1c(Cl)cc(Cl)c(Cl)c1C(=O)OCC(CCCC)C1CC1)C1CC1. The van der Waals surface area contributed by atoms with Crippen molar-refractivity contribution < 1.29 is 38.1 Å². The standard InChI is InChI=1S/C34H36Cl6O8/c1-3-5-7-19(17-9-10-17)15-45-31(41)25-27(39)21(35)13-23(37)29(25)47-33(43)34(44)48-30-24(38)14-22(36)28(40)26(30)32(42)46-16-20(8-6-4-2)18-11-12-18/h13-14,17-20H,3-12,15-16H2,1-2H3. The second kappa shape index (κ2) is 17.8. The van der Waals surface area contributed by atoms with Crippen LogP contribution in [-0.4, -0.2) is 37.1 Å². The van der Waals surface area contributed by atoms with E-state index in [2.05, 4.69) is 13.8 Å². The first-order valence-corrected chi connectivity index (χ1v) is 18.3. The largest absolute Gasteiger partial charge is 0.462 e. The lowest BCUT2D eigenvalue weighted by Crippen LogP contribution is -2.28. The minimum Gasteiger partial charge on any atom is -0.462 e. The maximum atomic E-state index is 13.3. The van der Waals surface area contributed by atoms with Crippen LogP contribution in [0.2, 0.25) is 30.1 Å². The van der Waals surface area contributed by atoms with Gasteiger partial charge in [0.1, 0.15) is 11.1 Å². The molecule has 2 aliphatic rings. The number of unbranched alkanes of at least 4 members (excludes halogenated alkanes) is 2. The van der Waals surface area contributed by atoms with E-state index in [1.54, 1.807) is 0 Å². The van der Waals surface area contributed by atoms with Gasteiger partial charge in [0.2, 0.25) is 0 Å². The van der Waals surface area contributed by atoms with Gasteiger partial charge < -0.3 is 18.9 Å². The van der Waals surface area contributed by atoms with Crippen molar-refractivity contribution in [1.29, 1.82) is 0 Å². The van der Waals surface area contributed by atoms with Crippen molar-refractivity contribution in [1.82, 2.24) is 0 Å². The number of carbonyl (C=O) groups is 4. The zero-order chi connectivity index (χ0) is 35.1. The van der Waals surface area contributed by atoms with Gasteiger partial charge in [-0.2, -0.15) is 0 Å². The third-order valence-electron chi connectivity index (χ3n) is 8.51. The third-order valence-corrected chi connectivity index (χ3v) is 10.6. The van der Waals surface area contributed by atoms with Gasteiger partial charge >= 0.3 is 23.9 Å². The van der Waals surface area contributed by atoms with Crippen LogP contribution in [0, 0.1) is 23.7 Å². The average Bonchev–Trinajstić information content (AvgIpc) is 3.97. The van der Waals surface area contributed by atoms with Crippen LogP contribution in [-0.2, 0) is 19.1 Å². The molecule has 2 aliphatic carbocycles. The predicted molar refractivity (Wildman–Crippen MR) is 186 cm³/mol. The Morgan fingerprint density at radius 3 is 1.29 bits per heavy atom. The predicted octanol–water partition coefficient (Wildman–Crippen LogP) is 10.9. The minimum absolute atomic E-state index is 0.106. The molecule has 262 valence electrons. The van der Waals surface area contributed by atoms with Crippen LogP contribution < -0.4 is 9.47 Å². The molecule has 0 heterocycles. The molecule has 0 saturated heterocycles. The molecule has 2 atom stereocenters. The first-order valence-electron chi connectivity index (χ1n) is 16.0. The fraction of sp³-hybridized carbons (Fsp3) is 0.529. The Morgan fingerprint density at radius 1 is 0.625 bits per heavy atom. The number of benzene rings is 2. The number of hydrogen-bond acceptors (Lipinski definition) is 8. The molecule has 2 fully saturated rings. The highest BCUT2D eigenvalue weighted by molar-refractivity contribution is 6.47. The number of esters is 4. The summed E-state index contributed by atoms with van der Waals surface area (Å²) in [7, 11) is 0. The quantitative estimate of drug-likeness (QED) is 0.0717. The summed E-state index contributed by atoms with van der Waals surface area (Å²) in [6.07, 6.45) is 9.97. The number of halogens is 6. The molecule has 0 aromatic heterocycles. The zero-order valence-corrected chi connectivity index (χ0v) is 31.0. The molecule has 0 spiro atoms. The Bertz CT molecular complexity index is 1420. The van der Waals surface area contributed by atoms with Crippen LogP contribution in [0.3, 0.4) is 0 Å². The van der Waals surface area contributed by atoms with E-state index in [-0.39, 0.29) is 55.2 Å². The van der Waals surface area contributed by atoms with Gasteiger partial charge in [-0.1, -0.05) is 109 Å². The Morgan fingerprint density at radius 2 is 0.979 bits per heavy atom. The maximum absolute atomic E-state index is 13.3. The van der Waals surface area contributed by atoms with Gasteiger partial charge in [0.05, 0.1) is 43.3 Å². The highest BCUT2D eigenvalue weighted by atomic mass is 35.5. The van der Waals surface area contributed by atoms with Crippen LogP contribution in [0.4, 0.5) is 0 Å². The topological polar surface area (TPSA) is 105 Å². The number of hydrogen-bond donors (Lipinski definition) is 0. The molecular weight excluding hydrogens is 749 g/mol. The van der Waals surface area contributed by atoms with E-state index in [0.29, 0.717) is 11.8 Å². The molecule has 2 aromatic rings. The second-order valence-corrected chi connectivity index (χ2v) is 14.6. The van der Waals surface area contributed by atoms with Crippen LogP contribution in [0.25, 0.3) is 0 Å². The fourth-order valence-corrected chi connectivity index (χ4v) is 6.92. The molecule has 8 nitrogen and oxygen atoms in total. The lowest BCUT2D eigenvalue weighted by Gasteiger charge is -2.18. The minimum atomic E-state index is -1.63.